The molecule has 0 aliphatic heterocycles. The molecule has 0 saturated heterocycles. The third-order valence-electron chi connectivity index (χ3n) is 1.41. The van der Waals surface area contributed by atoms with E-state index in [1.165, 1.54) is 18.2 Å². The Balaban J connectivity index is 3.01. The topological polar surface area (TPSA) is 26.3 Å². The molecule has 0 fully saturated rings. The highest BCUT2D eigenvalue weighted by atomic mass is 28.2. The number of hydrogen-bond donors (Lipinski definition) is 0. The number of carbonyl (C=O) groups excluding carboxylic acids is 1. The molecule has 0 aromatic heterocycles. The largest absolute Gasteiger partial charge is 0.463 e. The molecule has 2 nitrogen and oxygen atoms in total. The van der Waals surface area contributed by atoms with E-state index in [0.29, 0.717) is 6.61 Å². The lowest BCUT2D eigenvalue weighted by molar-refractivity contribution is -0.137. The van der Waals surface area contributed by atoms with E-state index < -0.39 is 0 Å². The predicted molar refractivity (Wildman–Crippen MR) is 49.6 cm³/mol. The molecule has 3 heteroatoms. The van der Waals surface area contributed by atoms with Crippen LogP contribution in [0.25, 0.3) is 0 Å². The molecule has 0 saturated carbocycles. The van der Waals surface area contributed by atoms with Crippen LogP contribution in [0.2, 0.25) is 12.1 Å². The van der Waals surface area contributed by atoms with Crippen LogP contribution < -0.4 is 0 Å². The number of hydrogen-bond acceptors (Lipinski definition) is 2. The molecule has 0 aromatic rings. The van der Waals surface area contributed by atoms with Crippen LogP contribution in [0.1, 0.15) is 13.3 Å². The van der Waals surface area contributed by atoms with Crippen molar-refractivity contribution in [2.45, 2.75) is 25.4 Å². The zero-order valence-corrected chi connectivity index (χ0v) is 8.55. The molecule has 0 radical (unpaired) electrons. The van der Waals surface area contributed by atoms with Crippen LogP contribution in [-0.4, -0.2) is 22.1 Å². The fourth-order valence-electron chi connectivity index (χ4n) is 0.761. The third kappa shape index (κ3) is 7.32. The van der Waals surface area contributed by atoms with E-state index in [0.717, 1.165) is 6.42 Å². The fourth-order valence-corrected chi connectivity index (χ4v) is 1.82. The number of esters is 1. The smallest absolute Gasteiger partial charge is 0.330 e. The number of carbonyl (C=O) groups is 1. The molecule has 11 heavy (non-hydrogen) atoms. The Labute approximate surface area is 70.5 Å². The molecular weight excluding hydrogens is 156 g/mol. The van der Waals surface area contributed by atoms with Gasteiger partial charge in [0, 0.05) is 15.6 Å². The molecule has 0 N–H and O–H groups in total. The van der Waals surface area contributed by atoms with Crippen LogP contribution >= 0.6 is 0 Å². The lowest BCUT2D eigenvalue weighted by Crippen LogP contribution is -2.02. The Bertz CT molecular complexity index is 123. The Kier molecular flexibility index (Phi) is 7.14. The zero-order valence-electron chi connectivity index (χ0n) is 7.14. The lowest BCUT2D eigenvalue weighted by Gasteiger charge is -1.99. The molecule has 0 atom stereocenters. The second-order valence-electron chi connectivity index (χ2n) is 2.43. The normalized spacial score (nSPS) is 10.3. The number of rotatable bonds is 6. The van der Waals surface area contributed by atoms with Crippen LogP contribution in [0.3, 0.4) is 0 Å². The van der Waals surface area contributed by atoms with E-state index >= 15 is 0 Å². The molecule has 0 spiro atoms. The Hall–Kier alpha value is -0.573. The van der Waals surface area contributed by atoms with Gasteiger partial charge in [0.25, 0.3) is 0 Å². The van der Waals surface area contributed by atoms with Gasteiger partial charge < -0.3 is 4.74 Å². The molecule has 0 unspecified atom stereocenters. The van der Waals surface area contributed by atoms with Crippen molar-refractivity contribution < 1.29 is 9.53 Å². The highest BCUT2D eigenvalue weighted by Gasteiger charge is 1.93. The first kappa shape index (κ1) is 10.4. The molecule has 0 aromatic carbocycles. The maximum Gasteiger partial charge on any atom is 0.330 e. The minimum Gasteiger partial charge on any atom is -0.463 e. The van der Waals surface area contributed by atoms with Crippen LogP contribution in [-0.2, 0) is 9.53 Å². The van der Waals surface area contributed by atoms with Crippen LogP contribution in [0.5, 0.6) is 0 Å². The van der Waals surface area contributed by atoms with Crippen LogP contribution in [0, 0.1) is 0 Å². The van der Waals surface area contributed by atoms with Crippen LogP contribution in [0.15, 0.2) is 12.7 Å². The van der Waals surface area contributed by atoms with Gasteiger partial charge in [-0.05, 0) is 6.42 Å². The standard InChI is InChI=1S/C8H16O2Si/c1-3-8(9)10-6-5-7-11-4-2/h3H,1,4-7,11H2,2H3. The van der Waals surface area contributed by atoms with Crippen molar-refractivity contribution in [2.24, 2.45) is 0 Å². The summed E-state index contributed by atoms with van der Waals surface area (Å²) in [6.45, 7) is 6.09. The van der Waals surface area contributed by atoms with E-state index in [4.69, 9.17) is 4.74 Å². The molecule has 0 heterocycles. The summed E-state index contributed by atoms with van der Waals surface area (Å²) in [5, 5.41) is 0. The van der Waals surface area contributed by atoms with E-state index in [1.807, 2.05) is 0 Å². The summed E-state index contributed by atoms with van der Waals surface area (Å²) in [5.41, 5.74) is 0. The molecule has 0 amide bonds. The summed E-state index contributed by atoms with van der Waals surface area (Å²) in [5.74, 6) is -0.303. The van der Waals surface area contributed by atoms with E-state index in [9.17, 15) is 4.79 Å². The summed E-state index contributed by atoms with van der Waals surface area (Å²) in [6, 6.07) is 2.62. The summed E-state index contributed by atoms with van der Waals surface area (Å²) in [7, 11) is 0.153. The Morgan fingerprint density at radius 1 is 1.73 bits per heavy atom. The Morgan fingerprint density at radius 2 is 2.45 bits per heavy atom. The molecular formula is C8H16O2Si. The third-order valence-corrected chi connectivity index (χ3v) is 3.12. The van der Waals surface area contributed by atoms with E-state index in [-0.39, 0.29) is 15.5 Å². The fraction of sp³-hybridized carbons (Fsp3) is 0.625. The first-order valence-electron chi connectivity index (χ1n) is 4.10. The van der Waals surface area contributed by atoms with Crippen molar-refractivity contribution in [2.75, 3.05) is 6.61 Å². The maximum absolute atomic E-state index is 10.5. The van der Waals surface area contributed by atoms with Crippen LogP contribution in [0.4, 0.5) is 0 Å². The molecule has 0 bridgehead atoms. The van der Waals surface area contributed by atoms with Crippen molar-refractivity contribution in [1.29, 1.82) is 0 Å². The minimum atomic E-state index is -0.303. The van der Waals surface area contributed by atoms with Gasteiger partial charge in [0.2, 0.25) is 0 Å². The van der Waals surface area contributed by atoms with Gasteiger partial charge in [0.15, 0.2) is 0 Å². The second-order valence-corrected chi connectivity index (χ2v) is 4.85. The molecule has 64 valence electrons. The molecule has 0 aliphatic rings. The Morgan fingerprint density at radius 3 is 3.00 bits per heavy atom. The average Bonchev–Trinajstić information content (AvgIpc) is 2.04. The van der Waals surface area contributed by atoms with Gasteiger partial charge in [-0.15, -0.1) is 0 Å². The first-order chi connectivity index (χ1) is 5.31. The highest BCUT2D eigenvalue weighted by Crippen LogP contribution is 1.92. The zero-order chi connectivity index (χ0) is 8.53. The highest BCUT2D eigenvalue weighted by molar-refractivity contribution is 6.35. The lowest BCUT2D eigenvalue weighted by atomic mass is 10.5. The van der Waals surface area contributed by atoms with Gasteiger partial charge in [-0.1, -0.05) is 25.6 Å². The predicted octanol–water partition coefficient (Wildman–Crippen LogP) is 1.13. The van der Waals surface area contributed by atoms with Gasteiger partial charge in [0.05, 0.1) is 6.61 Å². The molecule has 0 rings (SSSR count). The summed E-state index contributed by atoms with van der Waals surface area (Å²) in [6.07, 6.45) is 2.23. The van der Waals surface area contributed by atoms with Gasteiger partial charge in [0.1, 0.15) is 0 Å². The first-order valence-corrected chi connectivity index (χ1v) is 6.10. The van der Waals surface area contributed by atoms with E-state index in [2.05, 4.69) is 13.5 Å². The van der Waals surface area contributed by atoms with Crippen molar-refractivity contribution >= 4 is 15.5 Å². The SMILES string of the molecule is C=CC(=O)OCCC[SiH2]CC. The van der Waals surface area contributed by atoms with Crippen molar-refractivity contribution in [3.05, 3.63) is 12.7 Å². The minimum absolute atomic E-state index is 0.153. The van der Waals surface area contributed by atoms with E-state index in [1.54, 1.807) is 0 Å². The van der Waals surface area contributed by atoms with Gasteiger partial charge in [-0.2, -0.15) is 0 Å². The average molecular weight is 172 g/mol. The van der Waals surface area contributed by atoms with Gasteiger partial charge in [-0.25, -0.2) is 4.79 Å². The number of ether oxygens (including phenoxy) is 1. The van der Waals surface area contributed by atoms with Crippen molar-refractivity contribution in [3.8, 4) is 0 Å². The van der Waals surface area contributed by atoms with Gasteiger partial charge in [-0.3, -0.25) is 0 Å². The second kappa shape index (κ2) is 7.53. The summed E-state index contributed by atoms with van der Waals surface area (Å²) in [4.78, 5) is 10.5. The summed E-state index contributed by atoms with van der Waals surface area (Å²) < 4.78 is 4.80. The summed E-state index contributed by atoms with van der Waals surface area (Å²) >= 11 is 0. The molecule has 0 aliphatic carbocycles. The maximum atomic E-state index is 10.5. The van der Waals surface area contributed by atoms with Gasteiger partial charge >= 0.3 is 5.97 Å². The van der Waals surface area contributed by atoms with Crippen molar-refractivity contribution in [3.63, 3.8) is 0 Å². The quantitative estimate of drug-likeness (QED) is 0.260. The monoisotopic (exact) mass is 172 g/mol. The van der Waals surface area contributed by atoms with Crippen molar-refractivity contribution in [1.82, 2.24) is 0 Å².